The number of halogens is 1. The maximum Gasteiger partial charge on any atom is 0.232 e. The van der Waals surface area contributed by atoms with E-state index < -0.39 is 5.41 Å². The summed E-state index contributed by atoms with van der Waals surface area (Å²) >= 11 is 0. The fourth-order valence-electron chi connectivity index (χ4n) is 2.54. The first kappa shape index (κ1) is 11.5. The second-order valence-electron chi connectivity index (χ2n) is 4.89. The second-order valence-corrected chi connectivity index (χ2v) is 4.89. The van der Waals surface area contributed by atoms with Crippen LogP contribution in [0.2, 0.25) is 0 Å². The predicted molar refractivity (Wildman–Crippen MR) is 66.0 cm³/mol. The van der Waals surface area contributed by atoms with E-state index in [4.69, 9.17) is 4.74 Å². The van der Waals surface area contributed by atoms with Crippen LogP contribution < -0.4 is 10.6 Å². The summed E-state index contributed by atoms with van der Waals surface area (Å²) in [7, 11) is 0. The minimum Gasteiger partial charge on any atom is -0.382 e. The number of hydrogen-bond acceptors (Lipinski definition) is 3. The van der Waals surface area contributed by atoms with Crippen molar-refractivity contribution in [3.63, 3.8) is 0 Å². The van der Waals surface area contributed by atoms with Gasteiger partial charge in [-0.05, 0) is 31.0 Å². The van der Waals surface area contributed by atoms with Crippen LogP contribution in [0, 0.1) is 11.2 Å². The summed E-state index contributed by atoms with van der Waals surface area (Å²) in [5, 5.41) is 6.06. The Hall–Kier alpha value is -1.62. The van der Waals surface area contributed by atoms with Crippen LogP contribution in [0.4, 0.5) is 15.8 Å². The van der Waals surface area contributed by atoms with E-state index in [1.54, 1.807) is 6.07 Å². The zero-order valence-electron chi connectivity index (χ0n) is 9.96. The lowest BCUT2D eigenvalue weighted by Gasteiger charge is -2.34. The van der Waals surface area contributed by atoms with Crippen LogP contribution in [0.25, 0.3) is 0 Å². The molecular weight excluding hydrogens is 235 g/mol. The molecule has 0 radical (unpaired) electrons. The molecule has 1 aromatic carbocycles. The van der Waals surface area contributed by atoms with Crippen molar-refractivity contribution in [3.05, 3.63) is 24.0 Å². The van der Waals surface area contributed by atoms with Gasteiger partial charge in [0.2, 0.25) is 5.91 Å². The van der Waals surface area contributed by atoms with Gasteiger partial charge in [-0.1, -0.05) is 0 Å². The Morgan fingerprint density at radius 1 is 1.22 bits per heavy atom. The van der Waals surface area contributed by atoms with E-state index in [-0.39, 0.29) is 11.7 Å². The lowest BCUT2D eigenvalue weighted by Crippen LogP contribution is -2.44. The average Bonchev–Trinajstić information content (AvgIpc) is 2.50. The van der Waals surface area contributed by atoms with Crippen LogP contribution in [0.15, 0.2) is 18.2 Å². The van der Waals surface area contributed by atoms with Crippen molar-refractivity contribution in [1.82, 2.24) is 0 Å². The molecule has 2 aliphatic heterocycles. The average molecular weight is 250 g/mol. The molecule has 1 spiro atoms. The Kier molecular flexibility index (Phi) is 2.70. The molecular formula is C13H15FN2O2. The lowest BCUT2D eigenvalue weighted by atomic mass is 9.79. The SMILES string of the molecule is O=C1Nc2cc(F)ccc2NCC12CCOCC2. The van der Waals surface area contributed by atoms with Gasteiger partial charge in [0.15, 0.2) is 0 Å². The molecule has 0 saturated carbocycles. The number of ether oxygens (including phenoxy) is 1. The molecule has 0 aliphatic carbocycles. The van der Waals surface area contributed by atoms with Gasteiger partial charge in [0, 0.05) is 19.8 Å². The molecule has 2 aliphatic rings. The van der Waals surface area contributed by atoms with Crippen LogP contribution in [0.3, 0.4) is 0 Å². The molecule has 18 heavy (non-hydrogen) atoms. The summed E-state index contributed by atoms with van der Waals surface area (Å²) in [6.45, 7) is 1.76. The number of carbonyl (C=O) groups is 1. The molecule has 1 amide bonds. The van der Waals surface area contributed by atoms with Crippen LogP contribution in [0.5, 0.6) is 0 Å². The van der Waals surface area contributed by atoms with Crippen molar-refractivity contribution in [2.75, 3.05) is 30.4 Å². The minimum absolute atomic E-state index is 0.0392. The van der Waals surface area contributed by atoms with E-state index >= 15 is 0 Å². The fourth-order valence-corrected chi connectivity index (χ4v) is 2.54. The van der Waals surface area contributed by atoms with Crippen molar-refractivity contribution < 1.29 is 13.9 Å². The number of fused-ring (bicyclic) bond motifs is 1. The van der Waals surface area contributed by atoms with Crippen LogP contribution in [-0.4, -0.2) is 25.7 Å². The van der Waals surface area contributed by atoms with E-state index in [1.165, 1.54) is 12.1 Å². The lowest BCUT2D eigenvalue weighted by molar-refractivity contribution is -0.129. The first-order valence-electron chi connectivity index (χ1n) is 6.12. The molecule has 1 saturated heterocycles. The zero-order chi connectivity index (χ0) is 12.6. The zero-order valence-corrected chi connectivity index (χ0v) is 9.96. The van der Waals surface area contributed by atoms with Gasteiger partial charge in [0.25, 0.3) is 0 Å². The van der Waals surface area contributed by atoms with Gasteiger partial charge in [-0.25, -0.2) is 4.39 Å². The van der Waals surface area contributed by atoms with Crippen molar-refractivity contribution >= 4 is 17.3 Å². The van der Waals surface area contributed by atoms with Crippen molar-refractivity contribution in [2.24, 2.45) is 5.41 Å². The van der Waals surface area contributed by atoms with Crippen molar-refractivity contribution in [2.45, 2.75) is 12.8 Å². The topological polar surface area (TPSA) is 50.4 Å². The van der Waals surface area contributed by atoms with Crippen LogP contribution in [-0.2, 0) is 9.53 Å². The number of carbonyl (C=O) groups excluding carboxylic acids is 1. The van der Waals surface area contributed by atoms with Gasteiger partial charge < -0.3 is 15.4 Å². The van der Waals surface area contributed by atoms with Gasteiger partial charge in [0.05, 0.1) is 16.8 Å². The standard InChI is InChI=1S/C13H15FN2O2/c14-9-1-2-10-11(7-9)16-12(17)13(8-15-10)3-5-18-6-4-13/h1-2,7,15H,3-6,8H2,(H,16,17). The highest BCUT2D eigenvalue weighted by Crippen LogP contribution is 2.37. The van der Waals surface area contributed by atoms with Crippen molar-refractivity contribution in [1.29, 1.82) is 0 Å². The molecule has 1 aromatic rings. The van der Waals surface area contributed by atoms with Crippen molar-refractivity contribution in [3.8, 4) is 0 Å². The van der Waals surface area contributed by atoms with Gasteiger partial charge >= 0.3 is 0 Å². The quantitative estimate of drug-likeness (QED) is 0.740. The largest absolute Gasteiger partial charge is 0.382 e. The van der Waals surface area contributed by atoms with E-state index in [0.717, 1.165) is 5.69 Å². The minimum atomic E-state index is -0.437. The highest BCUT2D eigenvalue weighted by Gasteiger charge is 2.41. The number of amides is 1. The normalized spacial score (nSPS) is 21.7. The summed E-state index contributed by atoms with van der Waals surface area (Å²) in [4.78, 5) is 12.3. The summed E-state index contributed by atoms with van der Waals surface area (Å²) < 4.78 is 18.5. The molecule has 0 bridgehead atoms. The van der Waals surface area contributed by atoms with Gasteiger partial charge in [-0.2, -0.15) is 0 Å². The third kappa shape index (κ3) is 1.84. The number of benzene rings is 1. The van der Waals surface area contributed by atoms with Crippen LogP contribution in [0.1, 0.15) is 12.8 Å². The number of rotatable bonds is 0. The number of hydrogen-bond donors (Lipinski definition) is 2. The molecule has 96 valence electrons. The van der Waals surface area contributed by atoms with Gasteiger partial charge in [-0.15, -0.1) is 0 Å². The Bertz CT molecular complexity index is 484. The summed E-state index contributed by atoms with van der Waals surface area (Å²) in [5.74, 6) is -0.388. The maximum absolute atomic E-state index is 13.2. The maximum atomic E-state index is 13.2. The third-order valence-corrected chi connectivity index (χ3v) is 3.78. The molecule has 0 aromatic heterocycles. The highest BCUT2D eigenvalue weighted by atomic mass is 19.1. The smallest absolute Gasteiger partial charge is 0.232 e. The Balaban J connectivity index is 1.92. The Morgan fingerprint density at radius 3 is 2.78 bits per heavy atom. The van der Waals surface area contributed by atoms with Gasteiger partial charge in [0.1, 0.15) is 5.82 Å². The second kappa shape index (κ2) is 4.24. The highest BCUT2D eigenvalue weighted by molar-refractivity contribution is 5.99. The van der Waals surface area contributed by atoms with E-state index in [1.807, 2.05) is 0 Å². The first-order valence-corrected chi connectivity index (χ1v) is 6.12. The van der Waals surface area contributed by atoms with Crippen LogP contribution >= 0.6 is 0 Å². The molecule has 2 N–H and O–H groups in total. The molecule has 4 nitrogen and oxygen atoms in total. The van der Waals surface area contributed by atoms with E-state index in [2.05, 4.69) is 10.6 Å². The predicted octanol–water partition coefficient (Wildman–Crippen LogP) is 1.99. The number of nitrogens with one attached hydrogen (secondary N) is 2. The van der Waals surface area contributed by atoms with E-state index in [0.29, 0.717) is 38.3 Å². The molecule has 5 heteroatoms. The third-order valence-electron chi connectivity index (χ3n) is 3.78. The molecule has 0 unspecified atom stereocenters. The fraction of sp³-hybridized carbons (Fsp3) is 0.462. The van der Waals surface area contributed by atoms with Gasteiger partial charge in [-0.3, -0.25) is 4.79 Å². The Morgan fingerprint density at radius 2 is 2.00 bits per heavy atom. The first-order chi connectivity index (χ1) is 8.70. The summed E-state index contributed by atoms with van der Waals surface area (Å²) in [6, 6.07) is 4.39. The number of anilines is 2. The van der Waals surface area contributed by atoms with E-state index in [9.17, 15) is 9.18 Å². The summed E-state index contributed by atoms with van der Waals surface area (Å²) in [5.41, 5.74) is 0.852. The summed E-state index contributed by atoms with van der Waals surface area (Å²) in [6.07, 6.45) is 1.39. The monoisotopic (exact) mass is 250 g/mol. The molecule has 0 atom stereocenters. The Labute approximate surface area is 105 Å². The molecule has 2 heterocycles. The molecule has 3 rings (SSSR count). The molecule has 1 fully saturated rings.